The van der Waals surface area contributed by atoms with E-state index < -0.39 is 0 Å². The maximum Gasteiger partial charge on any atom is 0.150 e. The molecule has 0 amide bonds. The van der Waals surface area contributed by atoms with E-state index in [-0.39, 0.29) is 24.6 Å². The number of benzene rings is 1. The number of carbonyl (C=O) groups excluding carboxylic acids is 1. The molecule has 0 aliphatic heterocycles. The van der Waals surface area contributed by atoms with Crippen molar-refractivity contribution in [2.45, 2.75) is 13.3 Å². The fourth-order valence-electron chi connectivity index (χ4n) is 1.12. The molecule has 0 aromatic heterocycles. The van der Waals surface area contributed by atoms with Crippen LogP contribution in [0.3, 0.4) is 0 Å². The molecule has 0 fully saturated rings. The molecule has 0 saturated carbocycles. The predicted molar refractivity (Wildman–Crippen MR) is 48.9 cm³/mol. The molecule has 0 unspecified atom stereocenters. The Bertz CT molecular complexity index is 323. The molecule has 13 heavy (non-hydrogen) atoms. The second-order valence-corrected chi connectivity index (χ2v) is 3.00. The summed E-state index contributed by atoms with van der Waals surface area (Å²) in [5.41, 5.74) is 6.54. The Labute approximate surface area is 76.6 Å². The molecule has 1 aromatic rings. The lowest BCUT2D eigenvalue weighted by molar-refractivity contribution is -0.117. The second kappa shape index (κ2) is 4.14. The van der Waals surface area contributed by atoms with Gasteiger partial charge in [-0.3, -0.25) is 4.79 Å². The van der Waals surface area contributed by atoms with Crippen molar-refractivity contribution in [1.82, 2.24) is 0 Å². The Morgan fingerprint density at radius 1 is 1.54 bits per heavy atom. The number of hydrogen-bond donors (Lipinski definition) is 1. The van der Waals surface area contributed by atoms with Crippen LogP contribution in [0.4, 0.5) is 4.39 Å². The van der Waals surface area contributed by atoms with Gasteiger partial charge in [0.25, 0.3) is 0 Å². The molecule has 0 atom stereocenters. The molecule has 1 rings (SSSR count). The number of ketones is 1. The molecule has 0 aliphatic rings. The molecular weight excluding hydrogens is 169 g/mol. The van der Waals surface area contributed by atoms with E-state index in [1.807, 2.05) is 0 Å². The third-order valence-electron chi connectivity index (χ3n) is 1.85. The largest absolute Gasteiger partial charge is 0.324 e. The van der Waals surface area contributed by atoms with Gasteiger partial charge in [-0.05, 0) is 24.1 Å². The number of hydrogen-bond acceptors (Lipinski definition) is 2. The average Bonchev–Trinajstić information content (AvgIpc) is 2.11. The molecule has 3 heteroatoms. The standard InChI is InChI=1S/C10H12FNO/c1-7-4-8(2-3-10(7)11)5-9(13)6-12/h2-4H,5-6,12H2,1H3. The molecule has 2 nitrogen and oxygen atoms in total. The van der Waals surface area contributed by atoms with Gasteiger partial charge >= 0.3 is 0 Å². The molecule has 0 radical (unpaired) electrons. The molecular formula is C10H12FNO. The Balaban J connectivity index is 2.79. The van der Waals surface area contributed by atoms with Gasteiger partial charge < -0.3 is 5.73 Å². The van der Waals surface area contributed by atoms with Crippen molar-refractivity contribution in [3.63, 3.8) is 0 Å². The van der Waals surface area contributed by atoms with E-state index in [0.29, 0.717) is 5.56 Å². The number of rotatable bonds is 3. The first-order valence-electron chi connectivity index (χ1n) is 4.10. The van der Waals surface area contributed by atoms with Crippen molar-refractivity contribution in [2.24, 2.45) is 5.73 Å². The molecule has 0 heterocycles. The van der Waals surface area contributed by atoms with E-state index in [1.54, 1.807) is 19.1 Å². The monoisotopic (exact) mass is 181 g/mol. The smallest absolute Gasteiger partial charge is 0.150 e. The predicted octanol–water partition coefficient (Wildman–Crippen LogP) is 1.20. The van der Waals surface area contributed by atoms with Crippen LogP contribution in [-0.4, -0.2) is 12.3 Å². The number of aryl methyl sites for hydroxylation is 1. The van der Waals surface area contributed by atoms with Crippen LogP contribution in [0.1, 0.15) is 11.1 Å². The molecule has 0 spiro atoms. The van der Waals surface area contributed by atoms with Crippen LogP contribution in [-0.2, 0) is 11.2 Å². The minimum Gasteiger partial charge on any atom is -0.324 e. The zero-order valence-electron chi connectivity index (χ0n) is 7.51. The highest BCUT2D eigenvalue weighted by Crippen LogP contribution is 2.09. The number of Topliss-reactive ketones (excluding diaryl/α,β-unsaturated/α-hetero) is 1. The minimum absolute atomic E-state index is 0.0361. The van der Waals surface area contributed by atoms with Gasteiger partial charge in [-0.2, -0.15) is 0 Å². The zero-order valence-corrected chi connectivity index (χ0v) is 7.51. The maximum absolute atomic E-state index is 12.8. The molecule has 70 valence electrons. The normalized spacial score (nSPS) is 10.1. The molecule has 0 bridgehead atoms. The molecule has 0 aliphatic carbocycles. The highest BCUT2D eigenvalue weighted by molar-refractivity contribution is 5.82. The first-order chi connectivity index (χ1) is 6.13. The van der Waals surface area contributed by atoms with Gasteiger partial charge in [0.2, 0.25) is 0 Å². The van der Waals surface area contributed by atoms with Crippen LogP contribution in [0.2, 0.25) is 0 Å². The third kappa shape index (κ3) is 2.63. The van der Waals surface area contributed by atoms with Gasteiger partial charge in [0.1, 0.15) is 5.82 Å². The Morgan fingerprint density at radius 2 is 2.23 bits per heavy atom. The quantitative estimate of drug-likeness (QED) is 0.761. The number of carbonyl (C=O) groups is 1. The lowest BCUT2D eigenvalue weighted by Crippen LogP contribution is -2.15. The zero-order chi connectivity index (χ0) is 9.84. The summed E-state index contributed by atoms with van der Waals surface area (Å²) in [6.45, 7) is 1.71. The van der Waals surface area contributed by atoms with Crippen molar-refractivity contribution in [2.75, 3.05) is 6.54 Å². The lowest BCUT2D eigenvalue weighted by atomic mass is 10.1. The highest BCUT2D eigenvalue weighted by Gasteiger charge is 2.03. The van der Waals surface area contributed by atoms with Crippen LogP contribution in [0.25, 0.3) is 0 Å². The SMILES string of the molecule is Cc1cc(CC(=O)CN)ccc1F. The van der Waals surface area contributed by atoms with Gasteiger partial charge in [0, 0.05) is 6.42 Å². The van der Waals surface area contributed by atoms with Gasteiger partial charge in [0.15, 0.2) is 5.78 Å². The second-order valence-electron chi connectivity index (χ2n) is 3.00. The van der Waals surface area contributed by atoms with E-state index in [4.69, 9.17) is 5.73 Å². The summed E-state index contributed by atoms with van der Waals surface area (Å²) in [4.78, 5) is 11.0. The lowest BCUT2D eigenvalue weighted by Gasteiger charge is -2.01. The average molecular weight is 181 g/mol. The van der Waals surface area contributed by atoms with E-state index in [9.17, 15) is 9.18 Å². The fraction of sp³-hybridized carbons (Fsp3) is 0.300. The Hall–Kier alpha value is -1.22. The summed E-state index contributed by atoms with van der Waals surface area (Å²) >= 11 is 0. The molecule has 1 aromatic carbocycles. The highest BCUT2D eigenvalue weighted by atomic mass is 19.1. The van der Waals surface area contributed by atoms with Crippen molar-refractivity contribution in [3.8, 4) is 0 Å². The summed E-state index contributed by atoms with van der Waals surface area (Å²) in [7, 11) is 0. The topological polar surface area (TPSA) is 43.1 Å². The molecule has 0 saturated heterocycles. The van der Waals surface area contributed by atoms with Crippen molar-refractivity contribution >= 4 is 5.78 Å². The van der Waals surface area contributed by atoms with Gasteiger partial charge in [-0.15, -0.1) is 0 Å². The van der Waals surface area contributed by atoms with Crippen molar-refractivity contribution in [1.29, 1.82) is 0 Å². The summed E-state index contributed by atoms with van der Waals surface area (Å²) in [6, 6.07) is 4.65. The van der Waals surface area contributed by atoms with Gasteiger partial charge in [-0.1, -0.05) is 12.1 Å². The summed E-state index contributed by atoms with van der Waals surface area (Å²) in [5.74, 6) is -0.282. The minimum atomic E-state index is -0.246. The van der Waals surface area contributed by atoms with E-state index in [2.05, 4.69) is 0 Å². The first kappa shape index (κ1) is 9.86. The number of nitrogens with two attached hydrogens (primary N) is 1. The van der Waals surface area contributed by atoms with Gasteiger partial charge in [-0.25, -0.2) is 4.39 Å². The summed E-state index contributed by atoms with van der Waals surface area (Å²) in [6.07, 6.45) is 0.289. The first-order valence-corrected chi connectivity index (χ1v) is 4.10. The summed E-state index contributed by atoms with van der Waals surface area (Å²) < 4.78 is 12.8. The summed E-state index contributed by atoms with van der Waals surface area (Å²) in [5, 5.41) is 0. The maximum atomic E-state index is 12.8. The fourth-order valence-corrected chi connectivity index (χ4v) is 1.12. The number of halogens is 1. The van der Waals surface area contributed by atoms with Crippen LogP contribution in [0.5, 0.6) is 0 Å². The van der Waals surface area contributed by atoms with Crippen LogP contribution < -0.4 is 5.73 Å². The van der Waals surface area contributed by atoms with E-state index in [1.165, 1.54) is 6.07 Å². The van der Waals surface area contributed by atoms with Crippen LogP contribution >= 0.6 is 0 Å². The Morgan fingerprint density at radius 3 is 2.77 bits per heavy atom. The van der Waals surface area contributed by atoms with Crippen LogP contribution in [0.15, 0.2) is 18.2 Å². The van der Waals surface area contributed by atoms with Crippen LogP contribution in [0, 0.1) is 12.7 Å². The third-order valence-corrected chi connectivity index (χ3v) is 1.85. The van der Waals surface area contributed by atoms with Crippen molar-refractivity contribution < 1.29 is 9.18 Å². The van der Waals surface area contributed by atoms with Gasteiger partial charge in [0.05, 0.1) is 6.54 Å². The van der Waals surface area contributed by atoms with E-state index in [0.717, 1.165) is 5.56 Å². The van der Waals surface area contributed by atoms with E-state index >= 15 is 0 Å². The Kier molecular flexibility index (Phi) is 3.14. The molecule has 2 N–H and O–H groups in total. The van der Waals surface area contributed by atoms with Crippen molar-refractivity contribution in [3.05, 3.63) is 35.1 Å².